The molecule has 0 radical (unpaired) electrons. The Bertz CT molecular complexity index is 773. The van der Waals surface area contributed by atoms with Gasteiger partial charge in [-0.15, -0.1) is 0 Å². The number of sulfonamides is 1. The van der Waals surface area contributed by atoms with Crippen LogP contribution in [0.1, 0.15) is 0 Å². The van der Waals surface area contributed by atoms with Gasteiger partial charge in [0, 0.05) is 17.4 Å². The van der Waals surface area contributed by atoms with E-state index in [9.17, 15) is 13.2 Å². The Kier molecular flexibility index (Phi) is 4.64. The lowest BCUT2D eigenvalue weighted by Gasteiger charge is -2.09. The van der Waals surface area contributed by atoms with Crippen LogP contribution < -0.4 is 20.5 Å². The Labute approximate surface area is 128 Å². The van der Waals surface area contributed by atoms with E-state index >= 15 is 0 Å². The summed E-state index contributed by atoms with van der Waals surface area (Å²) in [6.45, 7) is 0. The first kappa shape index (κ1) is 15.8. The summed E-state index contributed by atoms with van der Waals surface area (Å²) in [6.07, 6.45) is 0. The number of methoxy groups -OCH3 is 1. The predicted molar refractivity (Wildman–Crippen MR) is 83.5 cm³/mol. The summed E-state index contributed by atoms with van der Waals surface area (Å²) in [5.74, 6) is 0.621. The van der Waals surface area contributed by atoms with Crippen molar-refractivity contribution in [1.82, 2.24) is 0 Å². The van der Waals surface area contributed by atoms with Crippen molar-refractivity contribution in [2.24, 2.45) is 5.14 Å². The smallest absolute Gasteiger partial charge is 0.323 e. The van der Waals surface area contributed by atoms with E-state index in [-0.39, 0.29) is 4.90 Å². The van der Waals surface area contributed by atoms with Crippen molar-refractivity contribution in [3.8, 4) is 5.75 Å². The second-order valence-corrected chi connectivity index (χ2v) is 5.94. The Hall–Kier alpha value is -2.58. The second-order valence-electron chi connectivity index (χ2n) is 4.38. The quantitative estimate of drug-likeness (QED) is 0.799. The zero-order valence-electron chi connectivity index (χ0n) is 11.7. The van der Waals surface area contributed by atoms with Crippen LogP contribution in [0.25, 0.3) is 0 Å². The third kappa shape index (κ3) is 4.21. The number of urea groups is 1. The fourth-order valence-corrected chi connectivity index (χ4v) is 2.24. The molecule has 2 amide bonds. The van der Waals surface area contributed by atoms with E-state index < -0.39 is 16.1 Å². The summed E-state index contributed by atoms with van der Waals surface area (Å²) in [5.41, 5.74) is 1.01. The number of amides is 2. The molecule has 0 unspecified atom stereocenters. The van der Waals surface area contributed by atoms with Crippen LogP contribution in [0.15, 0.2) is 53.4 Å². The number of anilines is 2. The normalized spacial score (nSPS) is 10.8. The minimum absolute atomic E-state index is 0.0220. The van der Waals surface area contributed by atoms with E-state index in [0.29, 0.717) is 17.1 Å². The maximum Gasteiger partial charge on any atom is 0.323 e. The molecule has 0 saturated carbocycles. The van der Waals surface area contributed by atoms with Crippen LogP contribution in [-0.4, -0.2) is 21.6 Å². The summed E-state index contributed by atoms with van der Waals surface area (Å²) in [7, 11) is -2.21. The van der Waals surface area contributed by atoms with E-state index in [4.69, 9.17) is 9.88 Å². The van der Waals surface area contributed by atoms with Crippen LogP contribution in [0, 0.1) is 0 Å². The first-order chi connectivity index (χ1) is 10.4. The van der Waals surface area contributed by atoms with Gasteiger partial charge in [-0.05, 0) is 36.4 Å². The number of primary sulfonamides is 1. The summed E-state index contributed by atoms with van der Waals surface area (Å²) >= 11 is 0. The first-order valence-electron chi connectivity index (χ1n) is 6.23. The number of carbonyl (C=O) groups excluding carboxylic acids is 1. The molecule has 2 rings (SSSR count). The van der Waals surface area contributed by atoms with Crippen LogP contribution in [-0.2, 0) is 10.0 Å². The van der Waals surface area contributed by atoms with Crippen molar-refractivity contribution in [1.29, 1.82) is 0 Å². The van der Waals surface area contributed by atoms with Crippen molar-refractivity contribution in [3.05, 3.63) is 48.5 Å². The van der Waals surface area contributed by atoms with E-state index in [1.54, 1.807) is 24.3 Å². The molecule has 0 heterocycles. The van der Waals surface area contributed by atoms with Gasteiger partial charge in [-0.1, -0.05) is 6.07 Å². The van der Waals surface area contributed by atoms with Crippen LogP contribution in [0.2, 0.25) is 0 Å². The maximum atomic E-state index is 11.9. The highest BCUT2D eigenvalue weighted by Gasteiger charge is 2.08. The molecule has 0 aliphatic heterocycles. The van der Waals surface area contributed by atoms with Gasteiger partial charge in [-0.25, -0.2) is 18.4 Å². The number of benzene rings is 2. The minimum Gasteiger partial charge on any atom is -0.497 e. The molecule has 116 valence electrons. The highest BCUT2D eigenvalue weighted by atomic mass is 32.2. The molecule has 22 heavy (non-hydrogen) atoms. The SMILES string of the molecule is COc1cccc(NC(=O)Nc2ccc(S(N)(=O)=O)cc2)c1. The summed E-state index contributed by atoms with van der Waals surface area (Å²) in [4.78, 5) is 11.8. The lowest BCUT2D eigenvalue weighted by atomic mass is 10.3. The first-order valence-corrected chi connectivity index (χ1v) is 7.78. The molecule has 0 spiro atoms. The molecule has 7 nitrogen and oxygen atoms in total. The number of nitrogens with one attached hydrogen (secondary N) is 2. The number of hydrogen-bond donors (Lipinski definition) is 3. The molecule has 4 N–H and O–H groups in total. The van der Waals surface area contributed by atoms with Gasteiger partial charge in [0.25, 0.3) is 0 Å². The van der Waals surface area contributed by atoms with Crippen LogP contribution in [0.4, 0.5) is 16.2 Å². The van der Waals surface area contributed by atoms with Crippen molar-refractivity contribution in [2.75, 3.05) is 17.7 Å². The molecule has 2 aromatic rings. The van der Waals surface area contributed by atoms with Gasteiger partial charge in [0.2, 0.25) is 10.0 Å². The molecule has 2 aromatic carbocycles. The number of carbonyl (C=O) groups is 1. The summed E-state index contributed by atoms with van der Waals surface area (Å²) in [6, 6.07) is 12.0. The molecule has 0 aromatic heterocycles. The molecule has 0 bridgehead atoms. The number of hydrogen-bond acceptors (Lipinski definition) is 4. The predicted octanol–water partition coefficient (Wildman–Crippen LogP) is 1.99. The van der Waals surface area contributed by atoms with Gasteiger partial charge in [-0.2, -0.15) is 0 Å². The van der Waals surface area contributed by atoms with Crippen molar-refractivity contribution in [2.45, 2.75) is 4.90 Å². The van der Waals surface area contributed by atoms with E-state index in [1.807, 2.05) is 0 Å². The van der Waals surface area contributed by atoms with Crippen molar-refractivity contribution in [3.63, 3.8) is 0 Å². The number of ether oxygens (including phenoxy) is 1. The van der Waals surface area contributed by atoms with Gasteiger partial charge in [0.05, 0.1) is 12.0 Å². The Morgan fingerprint density at radius 2 is 1.68 bits per heavy atom. The lowest BCUT2D eigenvalue weighted by Crippen LogP contribution is -2.19. The van der Waals surface area contributed by atoms with E-state index in [2.05, 4.69) is 10.6 Å². The van der Waals surface area contributed by atoms with Crippen molar-refractivity contribution < 1.29 is 17.9 Å². The average Bonchev–Trinajstić information content (AvgIpc) is 2.47. The molecule has 0 saturated heterocycles. The maximum absolute atomic E-state index is 11.9. The van der Waals surface area contributed by atoms with E-state index in [1.165, 1.54) is 31.4 Å². The summed E-state index contributed by atoms with van der Waals surface area (Å²) in [5, 5.41) is 10.2. The second kappa shape index (κ2) is 6.46. The van der Waals surface area contributed by atoms with Gasteiger partial charge in [-0.3, -0.25) is 0 Å². The zero-order valence-corrected chi connectivity index (χ0v) is 12.6. The highest BCUT2D eigenvalue weighted by Crippen LogP contribution is 2.17. The topological polar surface area (TPSA) is 111 Å². The third-order valence-corrected chi connectivity index (χ3v) is 3.70. The standard InChI is InChI=1S/C14H15N3O4S/c1-21-12-4-2-3-11(9-12)17-14(18)16-10-5-7-13(8-6-10)22(15,19)20/h2-9H,1H3,(H2,15,19,20)(H2,16,17,18). The van der Waals surface area contributed by atoms with Crippen LogP contribution in [0.3, 0.4) is 0 Å². The number of rotatable bonds is 4. The van der Waals surface area contributed by atoms with Crippen LogP contribution in [0.5, 0.6) is 5.75 Å². The monoisotopic (exact) mass is 321 g/mol. The zero-order chi connectivity index (χ0) is 16.2. The molecule has 8 heteroatoms. The Morgan fingerprint density at radius 3 is 2.27 bits per heavy atom. The van der Waals surface area contributed by atoms with E-state index in [0.717, 1.165) is 0 Å². The largest absolute Gasteiger partial charge is 0.497 e. The summed E-state index contributed by atoms with van der Waals surface area (Å²) < 4.78 is 27.3. The fourth-order valence-electron chi connectivity index (χ4n) is 1.72. The molecular weight excluding hydrogens is 306 g/mol. The van der Waals surface area contributed by atoms with Gasteiger partial charge in [0.15, 0.2) is 0 Å². The highest BCUT2D eigenvalue weighted by molar-refractivity contribution is 7.89. The lowest BCUT2D eigenvalue weighted by molar-refractivity contribution is 0.262. The van der Waals surface area contributed by atoms with Gasteiger partial charge >= 0.3 is 6.03 Å². The molecule has 0 fully saturated rings. The molecule has 0 aliphatic carbocycles. The average molecular weight is 321 g/mol. The van der Waals surface area contributed by atoms with Crippen LogP contribution >= 0.6 is 0 Å². The molecular formula is C14H15N3O4S. The molecule has 0 aliphatic rings. The number of nitrogens with two attached hydrogens (primary N) is 1. The fraction of sp³-hybridized carbons (Fsp3) is 0.0714. The third-order valence-electron chi connectivity index (χ3n) is 2.77. The van der Waals surface area contributed by atoms with Crippen molar-refractivity contribution >= 4 is 27.4 Å². The van der Waals surface area contributed by atoms with Gasteiger partial charge in [0.1, 0.15) is 5.75 Å². The van der Waals surface area contributed by atoms with Gasteiger partial charge < -0.3 is 15.4 Å². The Morgan fingerprint density at radius 1 is 1.05 bits per heavy atom. The minimum atomic E-state index is -3.75. The Balaban J connectivity index is 2.02. The molecule has 0 atom stereocenters.